The Morgan fingerprint density at radius 3 is 2.45 bits per heavy atom. The number of sulfonamides is 1. The molecule has 3 N–H and O–H groups in total. The molecule has 2 aromatic rings. The number of hydrogen-bond donors (Lipinski definition) is 3. The topological polar surface area (TPSA) is 182 Å². The number of halogens is 3. The smallest absolute Gasteiger partial charge is 0.427 e. The van der Waals surface area contributed by atoms with Gasteiger partial charge in [0.25, 0.3) is 5.91 Å². The van der Waals surface area contributed by atoms with Crippen LogP contribution < -0.4 is 24.8 Å². The summed E-state index contributed by atoms with van der Waals surface area (Å²) in [7, 11) is -3.98. The highest BCUT2D eigenvalue weighted by Crippen LogP contribution is 2.46. The van der Waals surface area contributed by atoms with Crippen molar-refractivity contribution in [3.05, 3.63) is 42.6 Å². The molecule has 1 aromatic heterocycles. The second-order valence-corrected chi connectivity index (χ2v) is 18.6. The average Bonchev–Trinajstić information content (AvgIpc) is 4.08. The molecule has 18 heteroatoms. The normalized spacial score (nSPS) is 28.3. The zero-order valence-corrected chi connectivity index (χ0v) is 34.1. The fraction of sp³-hybridized carbons (Fsp3) is 0.625. The van der Waals surface area contributed by atoms with Gasteiger partial charge in [-0.3, -0.25) is 19.1 Å². The van der Waals surface area contributed by atoms with E-state index < -0.39 is 86.4 Å². The predicted octanol–water partition coefficient (Wildman–Crippen LogP) is 5.30. The van der Waals surface area contributed by atoms with Gasteiger partial charge in [0.15, 0.2) is 0 Å². The fourth-order valence-electron chi connectivity index (χ4n) is 7.66. The van der Waals surface area contributed by atoms with Crippen molar-refractivity contribution < 1.29 is 55.0 Å². The minimum absolute atomic E-state index is 0.0331. The van der Waals surface area contributed by atoms with E-state index in [1.807, 2.05) is 32.1 Å². The van der Waals surface area contributed by atoms with E-state index in [4.69, 9.17) is 14.2 Å². The van der Waals surface area contributed by atoms with Gasteiger partial charge in [-0.05, 0) is 76.7 Å². The lowest BCUT2D eigenvalue weighted by Crippen LogP contribution is -2.59. The van der Waals surface area contributed by atoms with Crippen LogP contribution in [0, 0.1) is 17.8 Å². The lowest BCUT2D eigenvalue weighted by atomic mass is 9.88. The molecule has 4 aliphatic rings. The van der Waals surface area contributed by atoms with E-state index in [-0.39, 0.29) is 31.2 Å². The number of ether oxygens (including phenoxy) is 3. The third kappa shape index (κ3) is 9.31. The molecule has 0 spiro atoms. The van der Waals surface area contributed by atoms with Gasteiger partial charge in [-0.15, -0.1) is 0 Å². The molecule has 3 fully saturated rings. The summed E-state index contributed by atoms with van der Waals surface area (Å²) in [5, 5.41) is 5.81. The van der Waals surface area contributed by atoms with Crippen LogP contribution in [0.15, 0.2) is 42.6 Å². The van der Waals surface area contributed by atoms with Crippen LogP contribution in [0.5, 0.6) is 11.6 Å². The lowest BCUT2D eigenvalue weighted by molar-refractivity contribution is -0.244. The van der Waals surface area contributed by atoms with Crippen molar-refractivity contribution in [1.29, 1.82) is 0 Å². The van der Waals surface area contributed by atoms with Crippen molar-refractivity contribution in [2.24, 2.45) is 17.8 Å². The lowest BCUT2D eigenvalue weighted by Gasteiger charge is -2.34. The Hall–Kier alpha value is -4.61. The number of aromatic nitrogens is 1. The molecule has 14 nitrogen and oxygen atoms in total. The third-order valence-electron chi connectivity index (χ3n) is 11.4. The molecule has 7 atom stereocenters. The average molecular weight is 836 g/mol. The van der Waals surface area contributed by atoms with Gasteiger partial charge >= 0.3 is 12.3 Å². The maximum atomic E-state index is 14.8. The molecular formula is C40H52F3N5O9S. The molecule has 6 rings (SSSR count). The van der Waals surface area contributed by atoms with E-state index in [0.717, 1.165) is 11.8 Å². The van der Waals surface area contributed by atoms with Crippen molar-refractivity contribution in [3.63, 3.8) is 0 Å². The standard InChI is InChI=1S/C40H52F3N5O9S/c1-6-17-55-31-21-44-34(29-14-10-9-13-28(29)31)56-26-19-30-33(49)46-39(36(51)47-58(53,54)27-15-16-27)20-25(39)12-8-7-11-23(2)18-24(3)32(35(50)48(30)22-26)45-37(52)57-38(4,5)40(41,42)43/h8-10,12-14,21,23-27,30,32H,6-7,11,15-20,22H2,1-5H3,(H,45,52)(H,46,49)(H,47,51). The summed E-state index contributed by atoms with van der Waals surface area (Å²) in [6.07, 6.45) is 1.07. The molecule has 7 unspecified atom stereocenters. The van der Waals surface area contributed by atoms with Crippen molar-refractivity contribution in [3.8, 4) is 11.6 Å². The number of benzene rings is 1. The number of hydrogen-bond acceptors (Lipinski definition) is 10. The van der Waals surface area contributed by atoms with Crippen molar-refractivity contribution in [2.45, 2.75) is 127 Å². The number of allylic oxidation sites excluding steroid dienone is 1. The van der Waals surface area contributed by atoms with Gasteiger partial charge in [-0.25, -0.2) is 18.2 Å². The largest absolute Gasteiger partial charge is 0.491 e. The number of rotatable bonds is 10. The number of carbonyl (C=O) groups excluding carboxylic acids is 4. The number of amides is 4. The zero-order chi connectivity index (χ0) is 42.2. The van der Waals surface area contributed by atoms with Gasteiger partial charge in [-0.1, -0.05) is 51.1 Å². The zero-order valence-electron chi connectivity index (χ0n) is 33.3. The first kappa shape index (κ1) is 43.0. The first-order valence-corrected chi connectivity index (χ1v) is 21.4. The summed E-state index contributed by atoms with van der Waals surface area (Å²) in [6, 6.07) is 4.51. The van der Waals surface area contributed by atoms with Crippen LogP contribution in [0.2, 0.25) is 0 Å². The van der Waals surface area contributed by atoms with Crippen LogP contribution in [0.25, 0.3) is 10.8 Å². The summed E-state index contributed by atoms with van der Waals surface area (Å²) in [5.41, 5.74) is -4.51. The van der Waals surface area contributed by atoms with E-state index in [9.17, 15) is 40.8 Å². The molecule has 2 aliphatic carbocycles. The summed E-state index contributed by atoms with van der Waals surface area (Å²) < 4.78 is 86.2. The Balaban J connectivity index is 1.35. The monoisotopic (exact) mass is 835 g/mol. The van der Waals surface area contributed by atoms with E-state index in [2.05, 4.69) is 20.3 Å². The van der Waals surface area contributed by atoms with E-state index >= 15 is 0 Å². The molecule has 58 heavy (non-hydrogen) atoms. The molecule has 318 valence electrons. The summed E-state index contributed by atoms with van der Waals surface area (Å²) in [4.78, 5) is 61.8. The predicted molar refractivity (Wildman–Crippen MR) is 206 cm³/mol. The van der Waals surface area contributed by atoms with Gasteiger partial charge in [0.2, 0.25) is 33.3 Å². The fourth-order valence-corrected chi connectivity index (χ4v) is 9.03. The first-order chi connectivity index (χ1) is 27.3. The number of alkyl halides is 3. The van der Waals surface area contributed by atoms with Crippen molar-refractivity contribution in [1.82, 2.24) is 25.2 Å². The van der Waals surface area contributed by atoms with Gasteiger partial charge in [0.1, 0.15) is 29.5 Å². The number of carbonyl (C=O) groups is 4. The van der Waals surface area contributed by atoms with Gasteiger partial charge in [0, 0.05) is 23.1 Å². The second-order valence-electron chi connectivity index (χ2n) is 16.6. The highest BCUT2D eigenvalue weighted by atomic mass is 32.2. The van der Waals surface area contributed by atoms with Crippen LogP contribution in [0.3, 0.4) is 0 Å². The molecule has 2 aliphatic heterocycles. The Labute approximate surface area is 336 Å². The summed E-state index contributed by atoms with van der Waals surface area (Å²) >= 11 is 0. The highest BCUT2D eigenvalue weighted by molar-refractivity contribution is 7.91. The van der Waals surface area contributed by atoms with Crippen LogP contribution in [0.4, 0.5) is 18.0 Å². The van der Waals surface area contributed by atoms with Gasteiger partial charge in [-0.2, -0.15) is 13.2 Å². The minimum Gasteiger partial charge on any atom is -0.491 e. The number of nitrogens with one attached hydrogen (secondary N) is 3. The maximum Gasteiger partial charge on any atom is 0.427 e. The molecule has 2 saturated carbocycles. The molecule has 1 aromatic carbocycles. The molecule has 0 radical (unpaired) electrons. The quantitative estimate of drug-likeness (QED) is 0.266. The summed E-state index contributed by atoms with van der Waals surface area (Å²) in [6.45, 7) is 7.24. The van der Waals surface area contributed by atoms with Crippen LogP contribution in [-0.2, 0) is 29.1 Å². The summed E-state index contributed by atoms with van der Waals surface area (Å²) in [5.74, 6) is -2.90. The van der Waals surface area contributed by atoms with E-state index in [0.29, 0.717) is 63.7 Å². The van der Waals surface area contributed by atoms with Crippen LogP contribution >= 0.6 is 0 Å². The number of pyridine rings is 1. The Kier molecular flexibility index (Phi) is 12.3. The van der Waals surface area contributed by atoms with Gasteiger partial charge < -0.3 is 29.7 Å². The molecule has 0 bridgehead atoms. The Morgan fingerprint density at radius 1 is 1.07 bits per heavy atom. The highest BCUT2D eigenvalue weighted by Gasteiger charge is 2.62. The SMILES string of the molecule is CCCOc1cnc(OC2CC3C(=O)NC4(C(=O)NS(=O)(=O)C5CC5)CC4C=CCCC(C)CC(C)C(NC(=O)OC(C)(C)C(F)(F)F)C(=O)N3C2)c2ccccc12. The molecule has 4 amide bonds. The Bertz CT molecular complexity index is 2040. The van der Waals surface area contributed by atoms with Crippen LogP contribution in [-0.4, -0.2) is 96.0 Å². The molecule has 1 saturated heterocycles. The minimum atomic E-state index is -4.91. The maximum absolute atomic E-state index is 14.8. The number of fused-ring (bicyclic) bond motifs is 3. The Morgan fingerprint density at radius 2 is 1.78 bits per heavy atom. The second kappa shape index (κ2) is 16.6. The van der Waals surface area contributed by atoms with E-state index in [1.54, 1.807) is 25.1 Å². The van der Waals surface area contributed by atoms with E-state index in [1.165, 1.54) is 11.1 Å². The third-order valence-corrected chi connectivity index (χ3v) is 13.2. The first-order valence-electron chi connectivity index (χ1n) is 19.8. The number of alkyl carbamates (subject to hydrolysis) is 1. The van der Waals surface area contributed by atoms with Crippen LogP contribution in [0.1, 0.15) is 86.0 Å². The molecular weight excluding hydrogens is 784 g/mol. The molecule has 3 heterocycles. The van der Waals surface area contributed by atoms with Crippen molar-refractivity contribution in [2.75, 3.05) is 13.2 Å². The number of nitrogens with zero attached hydrogens (tertiary/aromatic N) is 2. The van der Waals surface area contributed by atoms with Gasteiger partial charge in [0.05, 0.1) is 24.6 Å². The van der Waals surface area contributed by atoms with Crippen molar-refractivity contribution >= 4 is 44.6 Å².